The van der Waals surface area contributed by atoms with Crippen molar-refractivity contribution in [3.8, 4) is 0 Å². The van der Waals surface area contributed by atoms with E-state index in [0.29, 0.717) is 12.6 Å². The molecule has 4 nitrogen and oxygen atoms in total. The van der Waals surface area contributed by atoms with Crippen LogP contribution < -0.4 is 10.6 Å². The zero-order chi connectivity index (χ0) is 10.4. The molecule has 1 aliphatic rings. The Labute approximate surface area is 85.4 Å². The van der Waals surface area contributed by atoms with Crippen molar-refractivity contribution < 1.29 is 9.53 Å². The van der Waals surface area contributed by atoms with Crippen LogP contribution in [-0.2, 0) is 9.53 Å². The standard InChI is InChI=1S/C10H20N2O2/c1-3-14-10(13)8(2)12-7-9-5-4-6-11-9/h8-9,11-12H,3-7H2,1-2H3. The van der Waals surface area contributed by atoms with Crippen molar-refractivity contribution in [2.24, 2.45) is 0 Å². The van der Waals surface area contributed by atoms with Gasteiger partial charge in [-0.25, -0.2) is 0 Å². The molecule has 14 heavy (non-hydrogen) atoms. The summed E-state index contributed by atoms with van der Waals surface area (Å²) in [5.74, 6) is -0.162. The molecule has 0 saturated carbocycles. The first-order chi connectivity index (χ1) is 6.74. The minimum absolute atomic E-state index is 0.162. The molecule has 1 heterocycles. The van der Waals surface area contributed by atoms with Gasteiger partial charge in [-0.2, -0.15) is 0 Å². The Bertz CT molecular complexity index is 179. The van der Waals surface area contributed by atoms with E-state index in [2.05, 4.69) is 10.6 Å². The average molecular weight is 200 g/mol. The monoisotopic (exact) mass is 200 g/mol. The second-order valence-electron chi connectivity index (χ2n) is 3.68. The lowest BCUT2D eigenvalue weighted by Crippen LogP contribution is -2.42. The first kappa shape index (κ1) is 11.5. The third-order valence-electron chi connectivity index (χ3n) is 2.47. The predicted molar refractivity (Wildman–Crippen MR) is 55.1 cm³/mol. The Hall–Kier alpha value is -0.610. The van der Waals surface area contributed by atoms with Gasteiger partial charge < -0.3 is 15.4 Å². The van der Waals surface area contributed by atoms with Crippen LogP contribution in [0, 0.1) is 0 Å². The second-order valence-corrected chi connectivity index (χ2v) is 3.68. The van der Waals surface area contributed by atoms with Gasteiger partial charge in [-0.15, -0.1) is 0 Å². The van der Waals surface area contributed by atoms with Crippen LogP contribution in [0.5, 0.6) is 0 Å². The topological polar surface area (TPSA) is 50.4 Å². The van der Waals surface area contributed by atoms with Gasteiger partial charge in [0.2, 0.25) is 0 Å². The molecule has 0 aromatic carbocycles. The molecule has 1 fully saturated rings. The molecule has 82 valence electrons. The number of hydrogen-bond donors (Lipinski definition) is 2. The Morgan fingerprint density at radius 2 is 2.50 bits per heavy atom. The van der Waals surface area contributed by atoms with Gasteiger partial charge in [0.05, 0.1) is 6.61 Å². The molecule has 2 unspecified atom stereocenters. The van der Waals surface area contributed by atoms with E-state index in [1.165, 1.54) is 12.8 Å². The lowest BCUT2D eigenvalue weighted by molar-refractivity contribution is -0.145. The van der Waals surface area contributed by atoms with E-state index >= 15 is 0 Å². The van der Waals surface area contributed by atoms with E-state index in [1.807, 2.05) is 13.8 Å². The average Bonchev–Trinajstić information content (AvgIpc) is 2.67. The van der Waals surface area contributed by atoms with Crippen molar-refractivity contribution in [2.75, 3.05) is 19.7 Å². The van der Waals surface area contributed by atoms with Gasteiger partial charge in [0.15, 0.2) is 0 Å². The highest BCUT2D eigenvalue weighted by atomic mass is 16.5. The molecule has 1 aliphatic heterocycles. The normalized spacial score (nSPS) is 23.4. The van der Waals surface area contributed by atoms with Gasteiger partial charge in [0.25, 0.3) is 0 Å². The molecule has 0 aliphatic carbocycles. The van der Waals surface area contributed by atoms with Gasteiger partial charge in [-0.1, -0.05) is 0 Å². The summed E-state index contributed by atoms with van der Waals surface area (Å²) in [6.45, 7) is 6.06. The maximum atomic E-state index is 11.2. The molecular weight excluding hydrogens is 180 g/mol. The Balaban J connectivity index is 2.13. The lowest BCUT2D eigenvalue weighted by Gasteiger charge is -2.16. The predicted octanol–water partition coefficient (Wildman–Crippen LogP) is 0.280. The Kier molecular flexibility index (Phi) is 4.90. The highest BCUT2D eigenvalue weighted by Crippen LogP contribution is 2.03. The quantitative estimate of drug-likeness (QED) is 0.626. The van der Waals surface area contributed by atoms with Crippen molar-refractivity contribution in [3.05, 3.63) is 0 Å². The third kappa shape index (κ3) is 3.64. The van der Waals surface area contributed by atoms with Crippen LogP contribution in [0.4, 0.5) is 0 Å². The second kappa shape index (κ2) is 5.98. The molecule has 0 bridgehead atoms. The highest BCUT2D eigenvalue weighted by Gasteiger charge is 2.17. The fourth-order valence-electron chi connectivity index (χ4n) is 1.60. The van der Waals surface area contributed by atoms with Crippen molar-refractivity contribution >= 4 is 5.97 Å². The summed E-state index contributed by atoms with van der Waals surface area (Å²) in [6, 6.07) is 0.323. The van der Waals surface area contributed by atoms with Crippen LogP contribution in [0.15, 0.2) is 0 Å². The van der Waals surface area contributed by atoms with Crippen LogP contribution >= 0.6 is 0 Å². The lowest BCUT2D eigenvalue weighted by atomic mass is 10.2. The van der Waals surface area contributed by atoms with Crippen molar-refractivity contribution in [3.63, 3.8) is 0 Å². The number of hydrogen-bond acceptors (Lipinski definition) is 4. The van der Waals surface area contributed by atoms with E-state index < -0.39 is 0 Å². The van der Waals surface area contributed by atoms with Crippen LogP contribution in [0.2, 0.25) is 0 Å². The molecule has 1 rings (SSSR count). The fourth-order valence-corrected chi connectivity index (χ4v) is 1.60. The maximum absolute atomic E-state index is 11.2. The number of esters is 1. The molecule has 0 aromatic heterocycles. The number of carbonyl (C=O) groups is 1. The largest absolute Gasteiger partial charge is 0.465 e. The van der Waals surface area contributed by atoms with Crippen molar-refractivity contribution in [1.82, 2.24) is 10.6 Å². The van der Waals surface area contributed by atoms with Crippen LogP contribution in [0.1, 0.15) is 26.7 Å². The van der Waals surface area contributed by atoms with Gasteiger partial charge in [-0.3, -0.25) is 4.79 Å². The van der Waals surface area contributed by atoms with E-state index in [0.717, 1.165) is 13.1 Å². The SMILES string of the molecule is CCOC(=O)C(C)NCC1CCCN1. The van der Waals surface area contributed by atoms with E-state index in [-0.39, 0.29) is 12.0 Å². The van der Waals surface area contributed by atoms with Crippen molar-refractivity contribution in [2.45, 2.75) is 38.8 Å². The summed E-state index contributed by atoms with van der Waals surface area (Å²) in [7, 11) is 0. The first-order valence-corrected chi connectivity index (χ1v) is 5.37. The Morgan fingerprint density at radius 1 is 1.71 bits per heavy atom. The number of rotatable bonds is 5. The summed E-state index contributed by atoms with van der Waals surface area (Å²) in [5.41, 5.74) is 0. The molecule has 1 saturated heterocycles. The minimum Gasteiger partial charge on any atom is -0.465 e. The highest BCUT2D eigenvalue weighted by molar-refractivity contribution is 5.75. The molecule has 0 aromatic rings. The number of ether oxygens (including phenoxy) is 1. The minimum atomic E-state index is -0.197. The summed E-state index contributed by atoms with van der Waals surface area (Å²) in [5, 5.41) is 6.54. The molecule has 0 spiro atoms. The summed E-state index contributed by atoms with van der Waals surface area (Å²) < 4.78 is 4.90. The van der Waals surface area contributed by atoms with Crippen LogP contribution in [-0.4, -0.2) is 37.7 Å². The molecule has 0 radical (unpaired) electrons. The third-order valence-corrected chi connectivity index (χ3v) is 2.47. The molecular formula is C10H20N2O2. The van der Waals surface area contributed by atoms with Crippen LogP contribution in [0.25, 0.3) is 0 Å². The molecule has 2 atom stereocenters. The smallest absolute Gasteiger partial charge is 0.322 e. The zero-order valence-corrected chi connectivity index (χ0v) is 9.01. The summed E-state index contributed by atoms with van der Waals surface area (Å²) in [6.07, 6.45) is 2.43. The van der Waals surface area contributed by atoms with Gasteiger partial charge >= 0.3 is 5.97 Å². The Morgan fingerprint density at radius 3 is 3.07 bits per heavy atom. The maximum Gasteiger partial charge on any atom is 0.322 e. The molecule has 4 heteroatoms. The number of carbonyl (C=O) groups excluding carboxylic acids is 1. The van der Waals surface area contributed by atoms with Crippen molar-refractivity contribution in [1.29, 1.82) is 0 Å². The zero-order valence-electron chi connectivity index (χ0n) is 9.01. The molecule has 2 N–H and O–H groups in total. The summed E-state index contributed by atoms with van der Waals surface area (Å²) in [4.78, 5) is 11.2. The van der Waals surface area contributed by atoms with Crippen LogP contribution in [0.3, 0.4) is 0 Å². The van der Waals surface area contributed by atoms with E-state index in [9.17, 15) is 4.79 Å². The van der Waals surface area contributed by atoms with Gasteiger partial charge in [0.1, 0.15) is 6.04 Å². The summed E-state index contributed by atoms with van der Waals surface area (Å²) >= 11 is 0. The van der Waals surface area contributed by atoms with Gasteiger partial charge in [-0.05, 0) is 33.2 Å². The van der Waals surface area contributed by atoms with E-state index in [4.69, 9.17) is 4.74 Å². The first-order valence-electron chi connectivity index (χ1n) is 5.37. The number of nitrogens with one attached hydrogen (secondary N) is 2. The van der Waals surface area contributed by atoms with E-state index in [1.54, 1.807) is 0 Å². The molecule has 0 amide bonds. The van der Waals surface area contributed by atoms with Gasteiger partial charge in [0, 0.05) is 12.6 Å². The fraction of sp³-hybridized carbons (Fsp3) is 0.900.